The van der Waals surface area contributed by atoms with Crippen molar-refractivity contribution in [1.29, 1.82) is 0 Å². The van der Waals surface area contributed by atoms with E-state index in [4.69, 9.17) is 10.7 Å². The van der Waals surface area contributed by atoms with E-state index >= 15 is 0 Å². The lowest BCUT2D eigenvalue weighted by atomic mass is 10.1. The molecule has 3 heteroatoms. The fraction of sp³-hybridized carbons (Fsp3) is 0.0556. The van der Waals surface area contributed by atoms with Crippen molar-refractivity contribution in [2.45, 2.75) is 6.54 Å². The Hall–Kier alpha value is -2.65. The van der Waals surface area contributed by atoms with E-state index in [1.54, 1.807) is 0 Å². The number of nitrogens with one attached hydrogen (secondary N) is 1. The molecular weight excluding hydrogens is 258 g/mol. The van der Waals surface area contributed by atoms with Crippen molar-refractivity contribution in [3.63, 3.8) is 0 Å². The van der Waals surface area contributed by atoms with Crippen LogP contribution in [-0.4, -0.2) is 9.97 Å². The lowest BCUT2D eigenvalue weighted by Crippen LogP contribution is -2.00. The highest BCUT2D eigenvalue weighted by Crippen LogP contribution is 2.32. The smallest absolute Gasteiger partial charge is 0.0947 e. The summed E-state index contributed by atoms with van der Waals surface area (Å²) in [5.74, 6) is 0. The zero-order valence-corrected chi connectivity index (χ0v) is 11.5. The van der Waals surface area contributed by atoms with Gasteiger partial charge in [0, 0.05) is 28.4 Å². The molecule has 0 spiro atoms. The molecule has 0 aliphatic heterocycles. The van der Waals surface area contributed by atoms with Crippen LogP contribution in [0.15, 0.2) is 60.7 Å². The summed E-state index contributed by atoms with van der Waals surface area (Å²) in [5, 5.41) is 2.39. The van der Waals surface area contributed by atoms with Gasteiger partial charge < -0.3 is 10.7 Å². The van der Waals surface area contributed by atoms with Gasteiger partial charge in [-0.15, -0.1) is 0 Å². The van der Waals surface area contributed by atoms with Crippen molar-refractivity contribution in [3.05, 3.63) is 66.4 Å². The number of H-pyrrole nitrogens is 1. The first-order valence-electron chi connectivity index (χ1n) is 7.02. The number of para-hydroxylation sites is 1. The third-order valence-corrected chi connectivity index (χ3v) is 3.81. The van der Waals surface area contributed by atoms with E-state index in [9.17, 15) is 0 Å². The lowest BCUT2D eigenvalue weighted by molar-refractivity contribution is 1.000. The average Bonchev–Trinajstić information content (AvgIpc) is 2.93. The van der Waals surface area contributed by atoms with Crippen LogP contribution in [0.5, 0.6) is 0 Å². The molecule has 4 rings (SSSR count). The number of benzene rings is 2. The van der Waals surface area contributed by atoms with E-state index in [2.05, 4.69) is 41.4 Å². The van der Waals surface area contributed by atoms with Crippen LogP contribution in [0.25, 0.3) is 33.1 Å². The molecule has 3 nitrogen and oxygen atoms in total. The minimum absolute atomic E-state index is 0.440. The molecule has 102 valence electrons. The Morgan fingerprint density at radius 1 is 0.905 bits per heavy atom. The molecule has 0 atom stereocenters. The van der Waals surface area contributed by atoms with Gasteiger partial charge in [0.05, 0.1) is 16.9 Å². The number of aromatic nitrogens is 2. The van der Waals surface area contributed by atoms with Crippen molar-refractivity contribution in [2.75, 3.05) is 0 Å². The molecule has 0 fully saturated rings. The monoisotopic (exact) mass is 273 g/mol. The minimum atomic E-state index is 0.440. The largest absolute Gasteiger partial charge is 0.353 e. The van der Waals surface area contributed by atoms with Gasteiger partial charge in [0.1, 0.15) is 0 Å². The van der Waals surface area contributed by atoms with Gasteiger partial charge in [0.15, 0.2) is 0 Å². The van der Waals surface area contributed by atoms with Crippen LogP contribution in [0.4, 0.5) is 0 Å². The highest BCUT2D eigenvalue weighted by atomic mass is 14.8. The molecule has 4 aromatic rings. The third kappa shape index (κ3) is 1.90. The number of fused-ring (bicyclic) bond motifs is 3. The summed E-state index contributed by atoms with van der Waals surface area (Å²) in [7, 11) is 0. The topological polar surface area (TPSA) is 54.7 Å². The predicted octanol–water partition coefficient (Wildman–Crippen LogP) is 3.84. The first kappa shape index (κ1) is 12.1. The zero-order chi connectivity index (χ0) is 14.2. The minimum Gasteiger partial charge on any atom is -0.353 e. The Balaban J connectivity index is 2.14. The van der Waals surface area contributed by atoms with E-state index in [1.165, 1.54) is 10.8 Å². The molecule has 0 saturated heterocycles. The van der Waals surface area contributed by atoms with Gasteiger partial charge in [0.2, 0.25) is 0 Å². The molecule has 0 aliphatic carbocycles. The molecule has 0 unspecified atom stereocenters. The van der Waals surface area contributed by atoms with E-state index in [1.807, 2.05) is 24.3 Å². The van der Waals surface area contributed by atoms with Gasteiger partial charge >= 0.3 is 0 Å². The van der Waals surface area contributed by atoms with E-state index in [-0.39, 0.29) is 0 Å². The Morgan fingerprint density at radius 2 is 1.67 bits per heavy atom. The maximum atomic E-state index is 5.83. The Bertz CT molecular complexity index is 923. The number of pyridine rings is 1. The molecule has 21 heavy (non-hydrogen) atoms. The molecular formula is C18H15N3. The molecule has 0 aliphatic rings. The van der Waals surface area contributed by atoms with E-state index in [0.29, 0.717) is 6.54 Å². The number of nitrogens with zero attached hydrogens (tertiary/aromatic N) is 1. The fourth-order valence-electron chi connectivity index (χ4n) is 2.81. The van der Waals surface area contributed by atoms with Crippen molar-refractivity contribution in [1.82, 2.24) is 9.97 Å². The number of hydrogen-bond acceptors (Lipinski definition) is 2. The third-order valence-electron chi connectivity index (χ3n) is 3.81. The highest BCUT2D eigenvalue weighted by molar-refractivity contribution is 6.11. The van der Waals surface area contributed by atoms with Crippen LogP contribution in [0.3, 0.4) is 0 Å². The van der Waals surface area contributed by atoms with E-state index in [0.717, 1.165) is 28.0 Å². The molecule has 0 amide bonds. The molecule has 0 radical (unpaired) electrons. The number of nitrogens with two attached hydrogens (primary N) is 1. The number of rotatable bonds is 2. The molecule has 2 aromatic carbocycles. The Labute approximate surface area is 122 Å². The summed E-state index contributed by atoms with van der Waals surface area (Å²) < 4.78 is 0. The van der Waals surface area contributed by atoms with Crippen LogP contribution in [0.1, 0.15) is 5.69 Å². The summed E-state index contributed by atoms with van der Waals surface area (Å²) in [4.78, 5) is 8.22. The summed E-state index contributed by atoms with van der Waals surface area (Å²) in [5.41, 5.74) is 11.0. The number of aromatic amines is 1. The first-order chi connectivity index (χ1) is 10.4. The quantitative estimate of drug-likeness (QED) is 0.583. The fourth-order valence-corrected chi connectivity index (χ4v) is 2.81. The molecule has 3 N–H and O–H groups in total. The second kappa shape index (κ2) is 4.72. The van der Waals surface area contributed by atoms with Gasteiger partial charge in [-0.3, -0.25) is 0 Å². The van der Waals surface area contributed by atoms with Crippen molar-refractivity contribution in [2.24, 2.45) is 5.73 Å². The average molecular weight is 273 g/mol. The lowest BCUT2D eigenvalue weighted by Gasteiger charge is -2.06. The van der Waals surface area contributed by atoms with Crippen LogP contribution < -0.4 is 5.73 Å². The Kier molecular flexibility index (Phi) is 2.72. The van der Waals surface area contributed by atoms with Crippen LogP contribution in [0, 0.1) is 0 Å². The van der Waals surface area contributed by atoms with Gasteiger partial charge in [-0.05, 0) is 12.1 Å². The first-order valence-corrected chi connectivity index (χ1v) is 7.02. The van der Waals surface area contributed by atoms with Crippen LogP contribution in [-0.2, 0) is 6.54 Å². The second-order valence-corrected chi connectivity index (χ2v) is 5.13. The molecule has 2 aromatic heterocycles. The maximum absolute atomic E-state index is 5.83. The molecule has 0 saturated carbocycles. The predicted molar refractivity (Wildman–Crippen MR) is 86.9 cm³/mol. The van der Waals surface area contributed by atoms with Gasteiger partial charge in [-0.25, -0.2) is 4.98 Å². The highest BCUT2D eigenvalue weighted by Gasteiger charge is 2.12. The second-order valence-electron chi connectivity index (χ2n) is 5.13. The normalized spacial score (nSPS) is 11.3. The van der Waals surface area contributed by atoms with Gasteiger partial charge in [0.25, 0.3) is 0 Å². The van der Waals surface area contributed by atoms with Crippen molar-refractivity contribution < 1.29 is 0 Å². The van der Waals surface area contributed by atoms with Gasteiger partial charge in [-0.1, -0.05) is 48.5 Å². The summed E-state index contributed by atoms with van der Waals surface area (Å²) in [6.07, 6.45) is 0. The van der Waals surface area contributed by atoms with Crippen LogP contribution in [0.2, 0.25) is 0 Å². The molecule has 0 bridgehead atoms. The van der Waals surface area contributed by atoms with Crippen molar-refractivity contribution in [3.8, 4) is 11.3 Å². The SMILES string of the molecule is NCc1cc2c([nH]c3ccccc32)c(-c2ccccc2)n1. The maximum Gasteiger partial charge on any atom is 0.0947 e. The molecule has 2 heterocycles. The Morgan fingerprint density at radius 3 is 2.48 bits per heavy atom. The number of hydrogen-bond donors (Lipinski definition) is 2. The standard InChI is InChI=1S/C18H15N3/c19-11-13-10-15-14-8-4-5-9-16(14)21-18(15)17(20-13)12-6-2-1-3-7-12/h1-10,21H,11,19H2. The van der Waals surface area contributed by atoms with Crippen LogP contribution >= 0.6 is 0 Å². The van der Waals surface area contributed by atoms with Crippen molar-refractivity contribution >= 4 is 21.8 Å². The summed E-state index contributed by atoms with van der Waals surface area (Å²) >= 11 is 0. The summed E-state index contributed by atoms with van der Waals surface area (Å²) in [6.45, 7) is 0.440. The van der Waals surface area contributed by atoms with E-state index < -0.39 is 0 Å². The van der Waals surface area contributed by atoms with Gasteiger partial charge in [-0.2, -0.15) is 0 Å². The summed E-state index contributed by atoms with van der Waals surface area (Å²) in [6, 6.07) is 20.6. The zero-order valence-electron chi connectivity index (χ0n) is 11.5.